The van der Waals surface area contributed by atoms with Gasteiger partial charge in [-0.05, 0) is 50.7 Å². The van der Waals surface area contributed by atoms with Crippen molar-refractivity contribution in [2.24, 2.45) is 0 Å². The molecule has 0 bridgehead atoms. The van der Waals surface area contributed by atoms with Gasteiger partial charge in [0.15, 0.2) is 5.65 Å². The number of hydrogen-bond donors (Lipinski definition) is 1. The zero-order valence-corrected chi connectivity index (χ0v) is 19.8. The number of piperidine rings is 2. The summed E-state index contributed by atoms with van der Waals surface area (Å²) >= 11 is 0. The average molecular weight is 464 g/mol. The zero-order valence-electron chi connectivity index (χ0n) is 19.8. The summed E-state index contributed by atoms with van der Waals surface area (Å²) < 4.78 is 7.76. The minimum absolute atomic E-state index is 0.0654. The second kappa shape index (κ2) is 8.78. The molecule has 9 nitrogen and oxygen atoms in total. The van der Waals surface area contributed by atoms with E-state index in [4.69, 9.17) is 14.7 Å². The van der Waals surface area contributed by atoms with Crippen molar-refractivity contribution < 1.29 is 9.84 Å². The van der Waals surface area contributed by atoms with Gasteiger partial charge < -0.3 is 19.6 Å². The molecule has 3 aliphatic rings. The lowest BCUT2D eigenvalue weighted by Gasteiger charge is -2.40. The Hall–Kier alpha value is -2.78. The molecule has 0 unspecified atom stereocenters. The molecule has 5 heterocycles. The number of nitrogens with zero attached hydrogens (tertiary/aromatic N) is 7. The van der Waals surface area contributed by atoms with Gasteiger partial charge in [0.1, 0.15) is 23.3 Å². The molecule has 34 heavy (non-hydrogen) atoms. The summed E-state index contributed by atoms with van der Waals surface area (Å²) in [6.45, 7) is 3.62. The molecule has 1 aliphatic carbocycles. The zero-order chi connectivity index (χ0) is 23.1. The summed E-state index contributed by atoms with van der Waals surface area (Å²) in [7, 11) is 1.70. The Morgan fingerprint density at radius 3 is 2.29 bits per heavy atom. The normalized spacial score (nSPS) is 21.4. The Kier molecular flexibility index (Phi) is 5.61. The molecule has 0 atom stereocenters. The van der Waals surface area contributed by atoms with Crippen LogP contribution in [-0.4, -0.2) is 75.2 Å². The van der Waals surface area contributed by atoms with Crippen LogP contribution < -0.4 is 9.80 Å². The van der Waals surface area contributed by atoms with Gasteiger partial charge in [0, 0.05) is 57.4 Å². The molecule has 0 spiro atoms. The summed E-state index contributed by atoms with van der Waals surface area (Å²) in [6, 6.07) is 8.21. The van der Waals surface area contributed by atoms with Crippen LogP contribution in [0.15, 0.2) is 30.5 Å². The predicted octanol–water partition coefficient (Wildman–Crippen LogP) is 2.76. The highest BCUT2D eigenvalue weighted by atomic mass is 16.5. The maximum Gasteiger partial charge on any atom is 0.160 e. The van der Waals surface area contributed by atoms with Gasteiger partial charge in [-0.25, -0.2) is 9.97 Å². The standard InChI is InChI=1S/C25H33N7O2/c1-34-25(17-33)9-14-31(15-10-25)22-16-21(26-23(27-22)18-5-6-18)30-12-7-19(8-13-30)24-29-28-20-4-2-3-11-32(20)24/h2-4,11,16,18-19,33H,5-10,12-15,17H2,1H3. The summed E-state index contributed by atoms with van der Waals surface area (Å²) in [5.74, 6) is 5.02. The van der Waals surface area contributed by atoms with Crippen molar-refractivity contribution in [1.29, 1.82) is 0 Å². The number of aromatic nitrogens is 5. The van der Waals surface area contributed by atoms with Crippen LogP contribution in [0.5, 0.6) is 0 Å². The Labute approximate surface area is 199 Å². The smallest absolute Gasteiger partial charge is 0.160 e. The fourth-order valence-corrected chi connectivity index (χ4v) is 5.36. The molecule has 6 rings (SSSR count). The van der Waals surface area contributed by atoms with Gasteiger partial charge >= 0.3 is 0 Å². The van der Waals surface area contributed by atoms with Gasteiger partial charge in [-0.1, -0.05) is 6.07 Å². The molecule has 3 fully saturated rings. The first-order valence-electron chi connectivity index (χ1n) is 12.5. The molecule has 3 aromatic heterocycles. The molecule has 0 radical (unpaired) electrons. The van der Waals surface area contributed by atoms with Crippen molar-refractivity contribution >= 4 is 17.3 Å². The number of hydrogen-bond acceptors (Lipinski definition) is 8. The predicted molar refractivity (Wildman–Crippen MR) is 129 cm³/mol. The topological polar surface area (TPSA) is 91.9 Å². The summed E-state index contributed by atoms with van der Waals surface area (Å²) in [6.07, 6.45) is 8.09. The molecule has 3 aromatic rings. The second-order valence-corrected chi connectivity index (χ2v) is 10.00. The summed E-state index contributed by atoms with van der Waals surface area (Å²) in [5.41, 5.74) is 0.495. The molecule has 1 saturated carbocycles. The Bertz CT molecular complexity index is 1140. The van der Waals surface area contributed by atoms with Crippen molar-refractivity contribution in [1.82, 2.24) is 24.6 Å². The number of fused-ring (bicyclic) bond motifs is 1. The van der Waals surface area contributed by atoms with Crippen molar-refractivity contribution in [3.63, 3.8) is 0 Å². The van der Waals surface area contributed by atoms with E-state index in [1.54, 1.807) is 7.11 Å². The number of rotatable bonds is 6. The van der Waals surface area contributed by atoms with Crippen LogP contribution in [0.1, 0.15) is 62.0 Å². The molecule has 1 N–H and O–H groups in total. The van der Waals surface area contributed by atoms with Crippen molar-refractivity contribution in [3.8, 4) is 0 Å². The van der Waals surface area contributed by atoms with Crippen molar-refractivity contribution in [2.75, 3.05) is 49.7 Å². The molecule has 180 valence electrons. The first-order chi connectivity index (χ1) is 16.7. The average Bonchev–Trinajstić information content (AvgIpc) is 3.68. The van der Waals surface area contributed by atoms with E-state index in [2.05, 4.69) is 36.7 Å². The maximum absolute atomic E-state index is 9.80. The summed E-state index contributed by atoms with van der Waals surface area (Å²) in [4.78, 5) is 14.7. The minimum Gasteiger partial charge on any atom is -0.393 e. The first-order valence-corrected chi connectivity index (χ1v) is 12.5. The SMILES string of the molecule is COC1(CO)CCN(c2cc(N3CCC(c4nnc5ccccn45)CC3)nc(C3CC3)n2)CC1. The summed E-state index contributed by atoms with van der Waals surface area (Å²) in [5, 5.41) is 18.6. The van der Waals surface area contributed by atoms with E-state index >= 15 is 0 Å². The lowest BCUT2D eigenvalue weighted by atomic mass is 9.92. The van der Waals surface area contributed by atoms with Crippen LogP contribution in [0, 0.1) is 0 Å². The number of methoxy groups -OCH3 is 1. The van der Waals surface area contributed by atoms with Gasteiger partial charge in [-0.15, -0.1) is 10.2 Å². The molecule has 2 saturated heterocycles. The third-order valence-corrected chi connectivity index (χ3v) is 7.90. The molecule has 2 aliphatic heterocycles. The highest BCUT2D eigenvalue weighted by Crippen LogP contribution is 2.40. The molecular weight excluding hydrogens is 430 g/mol. The molecule has 0 aromatic carbocycles. The van der Waals surface area contributed by atoms with E-state index in [-0.39, 0.29) is 6.61 Å². The number of anilines is 2. The quantitative estimate of drug-likeness (QED) is 0.597. The number of aliphatic hydroxyl groups excluding tert-OH is 1. The highest BCUT2D eigenvalue weighted by molar-refractivity contribution is 5.52. The van der Waals surface area contributed by atoms with E-state index in [1.165, 1.54) is 12.8 Å². The van der Waals surface area contributed by atoms with Gasteiger partial charge in [0.05, 0.1) is 12.2 Å². The largest absolute Gasteiger partial charge is 0.393 e. The van der Waals surface area contributed by atoms with Gasteiger partial charge in [0.2, 0.25) is 0 Å². The third-order valence-electron chi connectivity index (χ3n) is 7.90. The number of pyridine rings is 1. The minimum atomic E-state index is -0.417. The van der Waals surface area contributed by atoms with E-state index < -0.39 is 5.60 Å². The second-order valence-electron chi connectivity index (χ2n) is 10.00. The van der Waals surface area contributed by atoms with Crippen molar-refractivity contribution in [2.45, 2.75) is 56.0 Å². The fraction of sp³-hybridized carbons (Fsp3) is 0.600. The van der Waals surface area contributed by atoms with Crippen LogP contribution in [0.3, 0.4) is 0 Å². The van der Waals surface area contributed by atoms with Crippen LogP contribution in [0.25, 0.3) is 5.65 Å². The van der Waals surface area contributed by atoms with Crippen LogP contribution in [-0.2, 0) is 4.74 Å². The number of ether oxygens (including phenoxy) is 1. The number of aliphatic hydroxyl groups is 1. The lowest BCUT2D eigenvalue weighted by molar-refractivity contribution is -0.0673. The Balaban J connectivity index is 1.19. The van der Waals surface area contributed by atoms with Gasteiger partial charge in [0.25, 0.3) is 0 Å². The van der Waals surface area contributed by atoms with Crippen LogP contribution in [0.2, 0.25) is 0 Å². The maximum atomic E-state index is 9.80. The third kappa shape index (κ3) is 4.01. The first kappa shape index (κ1) is 21.7. The Morgan fingerprint density at radius 2 is 1.65 bits per heavy atom. The Morgan fingerprint density at radius 1 is 0.941 bits per heavy atom. The molecule has 9 heteroatoms. The van der Waals surface area contributed by atoms with Crippen LogP contribution in [0.4, 0.5) is 11.6 Å². The van der Waals surface area contributed by atoms with Gasteiger partial charge in [-0.3, -0.25) is 4.40 Å². The molecular formula is C25H33N7O2. The monoisotopic (exact) mass is 463 g/mol. The lowest BCUT2D eigenvalue weighted by Crippen LogP contribution is -2.48. The highest BCUT2D eigenvalue weighted by Gasteiger charge is 2.36. The van der Waals surface area contributed by atoms with Crippen molar-refractivity contribution in [3.05, 3.63) is 42.1 Å². The van der Waals surface area contributed by atoms with E-state index in [9.17, 15) is 5.11 Å². The van der Waals surface area contributed by atoms with E-state index in [0.29, 0.717) is 11.8 Å². The van der Waals surface area contributed by atoms with E-state index in [1.807, 2.05) is 18.2 Å². The fourth-order valence-electron chi connectivity index (χ4n) is 5.36. The molecule has 0 amide bonds. The van der Waals surface area contributed by atoms with Gasteiger partial charge in [-0.2, -0.15) is 0 Å². The van der Waals surface area contributed by atoms with E-state index in [0.717, 1.165) is 80.8 Å². The van der Waals surface area contributed by atoms with Crippen LogP contribution >= 0.6 is 0 Å².